The molecule has 1 aliphatic heterocycles. The van der Waals surface area contributed by atoms with Crippen LogP contribution in [-0.4, -0.2) is 53.4 Å². The van der Waals surface area contributed by atoms with Crippen LogP contribution < -0.4 is 5.32 Å². The van der Waals surface area contributed by atoms with Gasteiger partial charge in [0.05, 0.1) is 31.9 Å². The monoisotopic (exact) mass is 404 g/mol. The molecule has 1 fully saturated rings. The van der Waals surface area contributed by atoms with Crippen LogP contribution in [-0.2, 0) is 22.6 Å². The van der Waals surface area contributed by atoms with Crippen LogP contribution in [0.2, 0.25) is 0 Å². The summed E-state index contributed by atoms with van der Waals surface area (Å²) in [7, 11) is 0. The fourth-order valence-electron chi connectivity index (χ4n) is 3.75. The Hall–Kier alpha value is -2.96. The molecule has 30 heavy (non-hydrogen) atoms. The summed E-state index contributed by atoms with van der Waals surface area (Å²) >= 11 is 0. The number of nitrogens with one attached hydrogen (secondary N) is 1. The molecule has 0 aliphatic carbocycles. The lowest BCUT2D eigenvalue weighted by Gasteiger charge is -2.30. The maximum atomic E-state index is 13.2. The van der Waals surface area contributed by atoms with Crippen molar-refractivity contribution < 1.29 is 9.53 Å². The second kappa shape index (κ2) is 10.2. The lowest BCUT2D eigenvalue weighted by Crippen LogP contribution is -2.45. The molecule has 1 aliphatic rings. The number of ether oxygens (including phenoxy) is 1. The quantitative estimate of drug-likeness (QED) is 0.627. The Morgan fingerprint density at radius 2 is 1.70 bits per heavy atom. The Balaban J connectivity index is 1.36. The molecule has 1 unspecified atom stereocenters. The first-order chi connectivity index (χ1) is 14.8. The molecular weight excluding hydrogens is 376 g/mol. The fraction of sp³-hybridized carbons (Fsp3) is 0.333. The van der Waals surface area contributed by atoms with Crippen LogP contribution in [0.15, 0.2) is 73.1 Å². The van der Waals surface area contributed by atoms with Crippen LogP contribution in [0.3, 0.4) is 0 Å². The Morgan fingerprint density at radius 3 is 2.43 bits per heavy atom. The summed E-state index contributed by atoms with van der Waals surface area (Å²) in [4.78, 5) is 15.1. The van der Waals surface area contributed by atoms with E-state index in [2.05, 4.69) is 28.7 Å². The van der Waals surface area contributed by atoms with Crippen molar-refractivity contribution in [2.75, 3.05) is 32.8 Å². The van der Waals surface area contributed by atoms with Gasteiger partial charge in [-0.25, -0.2) is 0 Å². The van der Waals surface area contributed by atoms with Crippen LogP contribution >= 0.6 is 0 Å². The number of carbonyl (C=O) groups excluding carboxylic acids is 1. The summed E-state index contributed by atoms with van der Waals surface area (Å²) < 4.78 is 7.34. The number of hydrogen-bond acceptors (Lipinski definition) is 4. The van der Waals surface area contributed by atoms with Crippen molar-refractivity contribution in [2.24, 2.45) is 0 Å². The van der Waals surface area contributed by atoms with E-state index < -0.39 is 0 Å². The Morgan fingerprint density at radius 1 is 1.00 bits per heavy atom. The first-order valence-electron chi connectivity index (χ1n) is 10.5. The number of benzene rings is 2. The number of nitrogens with zero attached hydrogens (tertiary/aromatic N) is 3. The second-order valence-electron chi connectivity index (χ2n) is 7.56. The average molecular weight is 405 g/mol. The van der Waals surface area contributed by atoms with Gasteiger partial charge < -0.3 is 15.0 Å². The van der Waals surface area contributed by atoms with E-state index in [1.165, 1.54) is 5.56 Å². The molecule has 6 nitrogen and oxygen atoms in total. The standard InChI is InChI=1S/C24H28N4O2/c29-24(27-11-13-30-14-12-27)23(22-9-5-2-6-10-22)17-25-15-21-16-26-28(19-21)18-20-7-3-1-4-8-20/h1-10,16,19,23,25H,11-15,17-18H2. The van der Waals surface area contributed by atoms with E-state index in [0.29, 0.717) is 39.4 Å². The number of carbonyl (C=O) groups is 1. The molecule has 0 radical (unpaired) electrons. The van der Waals surface area contributed by atoms with E-state index in [-0.39, 0.29) is 11.8 Å². The first kappa shape index (κ1) is 20.3. The zero-order chi connectivity index (χ0) is 20.6. The molecule has 4 rings (SSSR count). The molecule has 156 valence electrons. The average Bonchev–Trinajstić information content (AvgIpc) is 3.25. The van der Waals surface area contributed by atoms with E-state index in [4.69, 9.17) is 4.74 Å². The summed E-state index contributed by atoms with van der Waals surface area (Å²) in [6.45, 7) is 4.56. The molecule has 1 saturated heterocycles. The first-order valence-corrected chi connectivity index (χ1v) is 10.5. The van der Waals surface area contributed by atoms with Gasteiger partial charge in [0.1, 0.15) is 0 Å². The van der Waals surface area contributed by atoms with Crippen molar-refractivity contribution in [3.8, 4) is 0 Å². The van der Waals surface area contributed by atoms with Crippen LogP contribution in [0.4, 0.5) is 0 Å². The minimum atomic E-state index is -0.205. The highest BCUT2D eigenvalue weighted by Crippen LogP contribution is 2.19. The smallest absolute Gasteiger partial charge is 0.231 e. The third-order valence-corrected chi connectivity index (χ3v) is 5.37. The molecule has 2 heterocycles. The van der Waals surface area contributed by atoms with Gasteiger partial charge in [-0.05, 0) is 11.1 Å². The van der Waals surface area contributed by atoms with Gasteiger partial charge in [-0.15, -0.1) is 0 Å². The third-order valence-electron chi connectivity index (χ3n) is 5.37. The van der Waals surface area contributed by atoms with Crippen LogP contribution in [0.1, 0.15) is 22.6 Å². The van der Waals surface area contributed by atoms with Gasteiger partial charge in [0, 0.05) is 37.9 Å². The second-order valence-corrected chi connectivity index (χ2v) is 7.56. The molecule has 1 amide bonds. The van der Waals surface area contributed by atoms with Crippen molar-refractivity contribution in [3.63, 3.8) is 0 Å². The maximum Gasteiger partial charge on any atom is 0.231 e. The van der Waals surface area contributed by atoms with Gasteiger partial charge in [-0.3, -0.25) is 9.48 Å². The van der Waals surface area contributed by atoms with Gasteiger partial charge in [0.25, 0.3) is 0 Å². The molecule has 1 atom stereocenters. The zero-order valence-electron chi connectivity index (χ0n) is 17.1. The molecule has 6 heteroatoms. The minimum absolute atomic E-state index is 0.164. The highest BCUT2D eigenvalue weighted by atomic mass is 16.5. The van der Waals surface area contributed by atoms with Crippen LogP contribution in [0.5, 0.6) is 0 Å². The van der Waals surface area contributed by atoms with Gasteiger partial charge in [0.2, 0.25) is 5.91 Å². The topological polar surface area (TPSA) is 59.4 Å². The van der Waals surface area contributed by atoms with Crippen molar-refractivity contribution in [1.29, 1.82) is 0 Å². The van der Waals surface area contributed by atoms with Gasteiger partial charge in [-0.1, -0.05) is 60.7 Å². The van der Waals surface area contributed by atoms with Crippen LogP contribution in [0, 0.1) is 0 Å². The highest BCUT2D eigenvalue weighted by molar-refractivity contribution is 5.84. The van der Waals surface area contributed by atoms with Crippen molar-refractivity contribution in [2.45, 2.75) is 19.0 Å². The fourth-order valence-corrected chi connectivity index (χ4v) is 3.75. The number of morpholine rings is 1. The number of amides is 1. The normalized spacial score (nSPS) is 15.1. The van der Waals surface area contributed by atoms with E-state index in [1.54, 1.807) is 0 Å². The van der Waals surface area contributed by atoms with E-state index >= 15 is 0 Å². The van der Waals surface area contributed by atoms with Crippen molar-refractivity contribution in [3.05, 3.63) is 89.7 Å². The summed E-state index contributed by atoms with van der Waals surface area (Å²) in [5.74, 6) is -0.0413. The Kier molecular flexibility index (Phi) is 6.90. The molecule has 2 aromatic carbocycles. The summed E-state index contributed by atoms with van der Waals surface area (Å²) in [6.07, 6.45) is 3.94. The van der Waals surface area contributed by atoms with Gasteiger partial charge in [-0.2, -0.15) is 5.10 Å². The van der Waals surface area contributed by atoms with E-state index in [9.17, 15) is 4.79 Å². The molecular formula is C24H28N4O2. The molecule has 1 N–H and O–H groups in total. The maximum absolute atomic E-state index is 13.2. The Labute approximate surface area is 177 Å². The Bertz CT molecular complexity index is 921. The predicted molar refractivity (Wildman–Crippen MR) is 116 cm³/mol. The minimum Gasteiger partial charge on any atom is -0.378 e. The number of aromatic nitrogens is 2. The van der Waals surface area contributed by atoms with Gasteiger partial charge >= 0.3 is 0 Å². The van der Waals surface area contributed by atoms with E-state index in [1.807, 2.05) is 64.3 Å². The highest BCUT2D eigenvalue weighted by Gasteiger charge is 2.26. The van der Waals surface area contributed by atoms with Crippen LogP contribution in [0.25, 0.3) is 0 Å². The largest absolute Gasteiger partial charge is 0.378 e. The molecule has 0 bridgehead atoms. The number of rotatable bonds is 8. The molecule has 0 saturated carbocycles. The lowest BCUT2D eigenvalue weighted by molar-refractivity contribution is -0.136. The van der Waals surface area contributed by atoms with Crippen molar-refractivity contribution >= 4 is 5.91 Å². The SMILES string of the molecule is O=C(C(CNCc1cnn(Cc2ccccc2)c1)c1ccccc1)N1CCOCC1. The lowest BCUT2D eigenvalue weighted by atomic mass is 9.97. The zero-order valence-corrected chi connectivity index (χ0v) is 17.1. The summed E-state index contributed by atoms with van der Waals surface area (Å²) in [5.41, 5.74) is 3.37. The van der Waals surface area contributed by atoms with Gasteiger partial charge in [0.15, 0.2) is 0 Å². The molecule has 3 aromatic rings. The third kappa shape index (κ3) is 5.34. The molecule has 1 aromatic heterocycles. The van der Waals surface area contributed by atoms with E-state index in [0.717, 1.165) is 17.7 Å². The summed E-state index contributed by atoms with van der Waals surface area (Å²) in [5, 5.41) is 7.93. The van der Waals surface area contributed by atoms with Crippen molar-refractivity contribution in [1.82, 2.24) is 20.0 Å². The molecule has 0 spiro atoms. The predicted octanol–water partition coefficient (Wildman–Crippen LogP) is 2.66. The summed E-state index contributed by atoms with van der Waals surface area (Å²) in [6, 6.07) is 20.3. The number of hydrogen-bond donors (Lipinski definition) is 1.